The molecule has 9 nitrogen and oxygen atoms in total. The van der Waals surface area contributed by atoms with Crippen molar-refractivity contribution in [1.82, 2.24) is 14.9 Å². The number of benzene rings is 1. The van der Waals surface area contributed by atoms with Gasteiger partial charge in [0.1, 0.15) is 24.3 Å². The Morgan fingerprint density at radius 1 is 1.18 bits per heavy atom. The number of hydrogen-bond donors (Lipinski definition) is 3. The van der Waals surface area contributed by atoms with E-state index in [1.807, 2.05) is 0 Å². The molecule has 1 aromatic carbocycles. The highest BCUT2D eigenvalue weighted by Crippen LogP contribution is 2.38. The molecule has 12 heteroatoms. The molecular weight excluding hydrogens is 497 g/mol. The van der Waals surface area contributed by atoms with Gasteiger partial charge < -0.3 is 29.6 Å². The van der Waals surface area contributed by atoms with Crippen LogP contribution in [0.1, 0.15) is 5.69 Å². The fraction of sp³-hybridized carbons (Fsp3) is 0.286. The number of likely N-dealkylation sites (N-methyl/N-ethyl adjacent to an activating group) is 1. The Labute approximate surface area is 203 Å². The predicted octanol–water partition coefficient (Wildman–Crippen LogP) is 2.51. The number of aliphatic hydroxyl groups excluding tert-OH is 2. The van der Waals surface area contributed by atoms with E-state index in [9.17, 15) is 14.7 Å². The first-order valence-corrected chi connectivity index (χ1v) is 10.8. The number of rotatable bonds is 8. The second-order valence-corrected chi connectivity index (χ2v) is 8.09. The fourth-order valence-corrected chi connectivity index (χ4v) is 4.07. The minimum atomic E-state index is -1.47. The average molecular weight is 517 g/mol. The van der Waals surface area contributed by atoms with Crippen LogP contribution in [0.15, 0.2) is 29.2 Å². The highest BCUT2D eigenvalue weighted by atomic mass is 35.5. The lowest BCUT2D eigenvalue weighted by Crippen LogP contribution is -2.36. The van der Waals surface area contributed by atoms with Gasteiger partial charge >= 0.3 is 0 Å². The Hall–Kier alpha value is -2.56. The van der Waals surface area contributed by atoms with Crippen LogP contribution < -0.4 is 20.2 Å². The van der Waals surface area contributed by atoms with Crippen molar-refractivity contribution < 1.29 is 24.5 Å². The summed E-state index contributed by atoms with van der Waals surface area (Å²) in [5, 5.41) is 21.7. The molecule has 33 heavy (non-hydrogen) atoms. The Morgan fingerprint density at radius 3 is 2.45 bits per heavy atom. The van der Waals surface area contributed by atoms with Crippen LogP contribution in [0.25, 0.3) is 16.6 Å². The minimum Gasteiger partial charge on any atom is -0.491 e. The van der Waals surface area contributed by atoms with Crippen LogP contribution in [0.4, 0.5) is 0 Å². The number of fused-ring (bicyclic) bond motifs is 1. The minimum absolute atomic E-state index is 0.0185. The Bertz CT molecular complexity index is 1240. The molecule has 3 rings (SSSR count). The molecule has 0 unspecified atom stereocenters. The van der Waals surface area contributed by atoms with Crippen LogP contribution in [0.5, 0.6) is 11.6 Å². The van der Waals surface area contributed by atoms with E-state index in [0.29, 0.717) is 17.1 Å². The molecule has 0 bridgehead atoms. The van der Waals surface area contributed by atoms with Crippen molar-refractivity contribution in [1.29, 1.82) is 0 Å². The van der Waals surface area contributed by atoms with Gasteiger partial charge in [0.25, 0.3) is 5.91 Å². The van der Waals surface area contributed by atoms with Crippen molar-refractivity contribution in [3.8, 4) is 17.3 Å². The van der Waals surface area contributed by atoms with Gasteiger partial charge in [-0.3, -0.25) is 9.59 Å². The van der Waals surface area contributed by atoms with Gasteiger partial charge in [-0.25, -0.2) is 4.98 Å². The number of hydrogen-bond acceptors (Lipinski definition) is 7. The fourth-order valence-electron chi connectivity index (χ4n) is 3.21. The molecule has 1 atom stereocenters. The van der Waals surface area contributed by atoms with Gasteiger partial charge in [0.2, 0.25) is 5.88 Å². The smallest absolute Gasteiger partial charge is 0.252 e. The Kier molecular flexibility index (Phi) is 8.04. The highest BCUT2D eigenvalue weighted by Gasteiger charge is 2.22. The van der Waals surface area contributed by atoms with Gasteiger partial charge in [0.05, 0.1) is 39.1 Å². The summed E-state index contributed by atoms with van der Waals surface area (Å²) in [5.74, 6) is -0.416. The summed E-state index contributed by atoms with van der Waals surface area (Å²) in [6.07, 6.45) is -0.188. The van der Waals surface area contributed by atoms with E-state index in [4.69, 9.17) is 49.4 Å². The molecule has 3 N–H and O–H groups in total. The van der Waals surface area contributed by atoms with Crippen LogP contribution in [-0.4, -0.2) is 58.6 Å². The van der Waals surface area contributed by atoms with E-state index in [2.05, 4.69) is 10.3 Å². The number of amides is 1. The number of halogens is 3. The molecule has 1 amide bonds. The molecule has 0 aliphatic rings. The molecule has 2 heterocycles. The summed E-state index contributed by atoms with van der Waals surface area (Å²) in [5.41, 5.74) is 0.605. The first-order chi connectivity index (χ1) is 15.7. The second-order valence-electron chi connectivity index (χ2n) is 6.87. The molecule has 2 aromatic heterocycles. The number of ether oxygens (including phenoxy) is 2. The Morgan fingerprint density at radius 2 is 1.85 bits per heavy atom. The molecule has 0 saturated heterocycles. The van der Waals surface area contributed by atoms with Crippen molar-refractivity contribution in [2.75, 3.05) is 26.9 Å². The topological polar surface area (TPSA) is 123 Å². The maximum atomic E-state index is 12.9. The zero-order valence-corrected chi connectivity index (χ0v) is 19.8. The van der Waals surface area contributed by atoms with E-state index >= 15 is 0 Å². The summed E-state index contributed by atoms with van der Waals surface area (Å²) < 4.78 is 12.5. The molecule has 0 saturated carbocycles. The highest BCUT2D eigenvalue weighted by molar-refractivity contribution is 6.39. The first kappa shape index (κ1) is 25.1. The summed E-state index contributed by atoms with van der Waals surface area (Å²) in [7, 11) is 1.37. The number of aromatic nitrogens is 2. The number of pyridine rings is 2. The summed E-state index contributed by atoms with van der Waals surface area (Å²) in [6.45, 7) is 1.12. The molecule has 176 valence electrons. The molecule has 0 fully saturated rings. The molecule has 0 spiro atoms. The van der Waals surface area contributed by atoms with Gasteiger partial charge in [0, 0.05) is 30.9 Å². The Balaban J connectivity index is 2.20. The van der Waals surface area contributed by atoms with Crippen molar-refractivity contribution in [2.45, 2.75) is 13.0 Å². The van der Waals surface area contributed by atoms with Gasteiger partial charge in [-0.15, -0.1) is 0 Å². The first-order valence-electron chi connectivity index (χ1n) is 9.66. The maximum absolute atomic E-state index is 12.9. The van der Waals surface area contributed by atoms with Crippen molar-refractivity contribution in [3.63, 3.8) is 0 Å². The lowest BCUT2D eigenvalue weighted by Gasteiger charge is -2.20. The van der Waals surface area contributed by atoms with Crippen molar-refractivity contribution in [2.24, 2.45) is 0 Å². The molecular formula is C21H20Cl3N3O6. The summed E-state index contributed by atoms with van der Waals surface area (Å²) >= 11 is 19.5. The van der Waals surface area contributed by atoms with Gasteiger partial charge in [-0.2, -0.15) is 0 Å². The van der Waals surface area contributed by atoms with E-state index in [1.54, 1.807) is 11.5 Å². The number of aryl methyl sites for hydroxylation is 1. The third kappa shape index (κ3) is 5.18. The molecule has 0 radical (unpaired) electrons. The maximum Gasteiger partial charge on any atom is 0.252 e. The number of carbonyl (C=O) groups excluding carboxylic acids is 1. The zero-order chi connectivity index (χ0) is 24.3. The van der Waals surface area contributed by atoms with E-state index in [1.165, 1.54) is 31.4 Å². The van der Waals surface area contributed by atoms with E-state index in [-0.39, 0.29) is 45.1 Å². The van der Waals surface area contributed by atoms with E-state index in [0.717, 1.165) is 0 Å². The van der Waals surface area contributed by atoms with Gasteiger partial charge in [-0.1, -0.05) is 34.8 Å². The zero-order valence-electron chi connectivity index (χ0n) is 17.6. The monoisotopic (exact) mass is 515 g/mol. The lowest BCUT2D eigenvalue weighted by atomic mass is 10.2. The molecule has 3 aromatic rings. The largest absolute Gasteiger partial charge is 0.491 e. The number of nitrogens with zero attached hydrogens (tertiary/aromatic N) is 2. The molecule has 0 aliphatic carbocycles. The van der Waals surface area contributed by atoms with Crippen LogP contribution in [0, 0.1) is 6.92 Å². The van der Waals surface area contributed by atoms with Crippen LogP contribution in [-0.2, 0) is 4.79 Å². The summed E-state index contributed by atoms with van der Waals surface area (Å²) in [6, 6.07) is 4.38. The lowest BCUT2D eigenvalue weighted by molar-refractivity contribution is -0.130. The number of nitrogens with one attached hydrogen (secondary N) is 1. The third-order valence-electron chi connectivity index (χ3n) is 4.64. The second kappa shape index (κ2) is 10.6. The van der Waals surface area contributed by atoms with E-state index < -0.39 is 24.0 Å². The van der Waals surface area contributed by atoms with Crippen molar-refractivity contribution in [3.05, 3.63) is 55.4 Å². The quantitative estimate of drug-likeness (QED) is 0.420. The standard InChI is InChI=1S/C21H20Cl3N3O6/c1-10-5-15(29)17-19(14(24)8-26-21(17)33-9-16(30)20(31)25-2)27(10)18-12(22)6-11(7-13(18)23)32-4-3-28/h5-8,16,28,30H,3-4,9H2,1-2H3,(H,25,31)/t16-/m0/s1. The van der Waals surface area contributed by atoms with Gasteiger partial charge in [-0.05, 0) is 6.92 Å². The third-order valence-corrected chi connectivity index (χ3v) is 5.49. The van der Waals surface area contributed by atoms with Gasteiger partial charge in [0.15, 0.2) is 11.5 Å². The van der Waals surface area contributed by atoms with Crippen LogP contribution in [0.3, 0.4) is 0 Å². The summed E-state index contributed by atoms with van der Waals surface area (Å²) in [4.78, 5) is 28.5. The average Bonchev–Trinajstić information content (AvgIpc) is 2.77. The normalized spacial score (nSPS) is 12.0. The van der Waals surface area contributed by atoms with Crippen LogP contribution in [0.2, 0.25) is 15.1 Å². The predicted molar refractivity (Wildman–Crippen MR) is 125 cm³/mol. The van der Waals surface area contributed by atoms with Crippen molar-refractivity contribution >= 4 is 51.6 Å². The number of aliphatic hydroxyl groups is 2. The number of carbonyl (C=O) groups is 1. The van der Waals surface area contributed by atoms with Crippen LogP contribution >= 0.6 is 34.8 Å². The molecule has 0 aliphatic heterocycles. The SMILES string of the molecule is CNC(=O)[C@@H](O)COc1ncc(Cl)c2c1c(=O)cc(C)n2-c1c(Cl)cc(OCCO)cc1Cl.